The van der Waals surface area contributed by atoms with E-state index in [1.165, 1.54) is 35.1 Å². The van der Waals surface area contributed by atoms with E-state index in [1.807, 2.05) is 6.26 Å². The minimum absolute atomic E-state index is 0.164. The summed E-state index contributed by atoms with van der Waals surface area (Å²) in [6.07, 6.45) is 2.57. The molecule has 19 heavy (non-hydrogen) atoms. The van der Waals surface area contributed by atoms with Crippen molar-refractivity contribution < 1.29 is 14.3 Å². The van der Waals surface area contributed by atoms with Crippen molar-refractivity contribution in [1.29, 1.82) is 0 Å². The Morgan fingerprint density at radius 2 is 2.37 bits per heavy atom. The quantitative estimate of drug-likeness (QED) is 0.465. The number of nitrogens with zero attached hydrogens (tertiary/aromatic N) is 3. The lowest BCUT2D eigenvalue weighted by Gasteiger charge is -2.25. The average molecular weight is 304 g/mol. The van der Waals surface area contributed by atoms with Crippen LogP contribution in [0, 0.1) is 0 Å². The van der Waals surface area contributed by atoms with Gasteiger partial charge in [0.2, 0.25) is 5.13 Å². The molecule has 7 nitrogen and oxygen atoms in total. The molecule has 0 bridgehead atoms. The molecule has 1 aromatic heterocycles. The third-order valence-electron chi connectivity index (χ3n) is 2.29. The zero-order chi connectivity index (χ0) is 14.3. The number of aldehydes is 1. The van der Waals surface area contributed by atoms with E-state index in [0.29, 0.717) is 18.0 Å². The highest BCUT2D eigenvalue weighted by Crippen LogP contribution is 2.23. The number of carbonyl (C=O) groups excluding carboxylic acids is 2. The number of hydrogen-bond donors (Lipinski definition) is 1. The fourth-order valence-corrected chi connectivity index (χ4v) is 2.57. The molecule has 1 heterocycles. The molecule has 1 aromatic rings. The minimum Gasteiger partial charge on any atom is -0.382 e. The molecule has 1 N–H and O–H groups in total. The maximum Gasteiger partial charge on any atom is 0.324 e. The molecule has 1 unspecified atom stereocenters. The third kappa shape index (κ3) is 4.44. The maximum absolute atomic E-state index is 12.0. The lowest BCUT2D eigenvalue weighted by molar-refractivity contribution is -0.113. The van der Waals surface area contributed by atoms with Crippen molar-refractivity contribution in [2.45, 2.75) is 17.3 Å². The first-order valence-electron chi connectivity index (χ1n) is 5.55. The summed E-state index contributed by atoms with van der Waals surface area (Å²) in [6.45, 7) is 2.35. The van der Waals surface area contributed by atoms with E-state index in [9.17, 15) is 9.59 Å². The van der Waals surface area contributed by atoms with E-state index < -0.39 is 6.04 Å². The Hall–Kier alpha value is -1.19. The summed E-state index contributed by atoms with van der Waals surface area (Å²) in [4.78, 5) is 24.4. The maximum atomic E-state index is 12.0. The van der Waals surface area contributed by atoms with Crippen LogP contribution in [0.3, 0.4) is 0 Å². The van der Waals surface area contributed by atoms with Gasteiger partial charge in [-0.05, 0) is 13.2 Å². The van der Waals surface area contributed by atoms with Crippen molar-refractivity contribution in [3.63, 3.8) is 0 Å². The second-order valence-corrected chi connectivity index (χ2v) is 5.48. The van der Waals surface area contributed by atoms with Gasteiger partial charge in [-0.3, -0.25) is 5.32 Å². The predicted molar refractivity (Wildman–Crippen MR) is 74.8 cm³/mol. The largest absolute Gasteiger partial charge is 0.382 e. The molecule has 0 aliphatic rings. The van der Waals surface area contributed by atoms with Crippen LogP contribution in [-0.4, -0.2) is 60.0 Å². The highest BCUT2D eigenvalue weighted by Gasteiger charge is 2.22. The number of hydrogen-bond acceptors (Lipinski definition) is 7. The van der Waals surface area contributed by atoms with Gasteiger partial charge in [-0.15, -0.1) is 10.2 Å². The average Bonchev–Trinajstić information content (AvgIpc) is 2.86. The van der Waals surface area contributed by atoms with E-state index in [2.05, 4.69) is 15.5 Å². The van der Waals surface area contributed by atoms with Gasteiger partial charge in [0.15, 0.2) is 4.34 Å². The normalized spacial score (nSPS) is 11.9. The standard InChI is InChI=1S/C10H16N4O3S2/c1-4-14(7(5-15)6-17-2)9(16)11-8-12-13-10(18-3)19-8/h5,7H,4,6H2,1-3H3,(H,11,12,16). The predicted octanol–water partition coefficient (Wildman–Crippen LogP) is 1.33. The lowest BCUT2D eigenvalue weighted by atomic mass is 10.3. The number of carbonyl (C=O) groups is 2. The fourth-order valence-electron chi connectivity index (χ4n) is 1.41. The van der Waals surface area contributed by atoms with Crippen molar-refractivity contribution in [1.82, 2.24) is 15.1 Å². The molecular weight excluding hydrogens is 288 g/mol. The summed E-state index contributed by atoms with van der Waals surface area (Å²) in [7, 11) is 1.48. The second-order valence-electron chi connectivity index (χ2n) is 3.45. The Balaban J connectivity index is 2.69. The fraction of sp³-hybridized carbons (Fsp3) is 0.600. The summed E-state index contributed by atoms with van der Waals surface area (Å²) in [5.74, 6) is 0. The van der Waals surface area contributed by atoms with Gasteiger partial charge in [0, 0.05) is 13.7 Å². The van der Waals surface area contributed by atoms with Crippen LogP contribution in [0.25, 0.3) is 0 Å². The Labute approximate surface area is 119 Å². The number of amides is 2. The van der Waals surface area contributed by atoms with Crippen molar-refractivity contribution in [2.24, 2.45) is 0 Å². The van der Waals surface area contributed by atoms with Gasteiger partial charge in [-0.2, -0.15) is 0 Å². The van der Waals surface area contributed by atoms with Crippen molar-refractivity contribution in [2.75, 3.05) is 31.8 Å². The summed E-state index contributed by atoms with van der Waals surface area (Å²) in [6, 6.07) is -0.997. The number of urea groups is 1. The summed E-state index contributed by atoms with van der Waals surface area (Å²) >= 11 is 2.74. The van der Waals surface area contributed by atoms with Crippen LogP contribution in [0.2, 0.25) is 0 Å². The van der Waals surface area contributed by atoms with E-state index >= 15 is 0 Å². The Morgan fingerprint density at radius 1 is 1.63 bits per heavy atom. The highest BCUT2D eigenvalue weighted by molar-refractivity contribution is 8.00. The monoisotopic (exact) mass is 304 g/mol. The first-order chi connectivity index (χ1) is 9.15. The molecule has 0 saturated carbocycles. The van der Waals surface area contributed by atoms with Gasteiger partial charge in [0.25, 0.3) is 0 Å². The molecule has 1 rings (SSSR count). The Kier molecular flexibility index (Phi) is 6.74. The third-order valence-corrected chi connectivity index (χ3v) is 4.11. The molecule has 0 fully saturated rings. The van der Waals surface area contributed by atoms with Crippen molar-refractivity contribution in [3.05, 3.63) is 0 Å². The van der Waals surface area contributed by atoms with Crippen LogP contribution in [0.1, 0.15) is 6.92 Å². The number of ether oxygens (including phenoxy) is 1. The molecule has 9 heteroatoms. The zero-order valence-electron chi connectivity index (χ0n) is 11.0. The molecule has 0 saturated heterocycles. The van der Waals surface area contributed by atoms with Crippen LogP contribution in [0.15, 0.2) is 4.34 Å². The van der Waals surface area contributed by atoms with Gasteiger partial charge in [0.1, 0.15) is 12.3 Å². The molecule has 106 valence electrons. The Bertz CT molecular complexity index is 427. The van der Waals surface area contributed by atoms with E-state index in [0.717, 1.165) is 4.34 Å². The van der Waals surface area contributed by atoms with E-state index in [-0.39, 0.29) is 12.6 Å². The molecule has 0 aromatic carbocycles. The molecule has 0 aliphatic heterocycles. The number of nitrogens with one attached hydrogen (secondary N) is 1. The van der Waals surface area contributed by atoms with E-state index in [4.69, 9.17) is 4.74 Å². The van der Waals surface area contributed by atoms with Crippen molar-refractivity contribution >= 4 is 40.5 Å². The smallest absolute Gasteiger partial charge is 0.324 e. The zero-order valence-corrected chi connectivity index (χ0v) is 12.6. The van der Waals surface area contributed by atoms with Crippen LogP contribution >= 0.6 is 23.1 Å². The SMILES string of the molecule is CCN(C(=O)Nc1nnc(SC)s1)C(C=O)COC. The molecular formula is C10H16N4O3S2. The summed E-state index contributed by atoms with van der Waals surface area (Å²) in [5, 5.41) is 10.8. The van der Waals surface area contributed by atoms with Crippen molar-refractivity contribution in [3.8, 4) is 0 Å². The topological polar surface area (TPSA) is 84.4 Å². The Morgan fingerprint density at radius 3 is 2.84 bits per heavy atom. The van der Waals surface area contributed by atoms with Gasteiger partial charge < -0.3 is 14.4 Å². The molecule has 0 radical (unpaired) electrons. The first kappa shape index (κ1) is 15.9. The molecule has 0 aliphatic carbocycles. The highest BCUT2D eigenvalue weighted by atomic mass is 32.2. The van der Waals surface area contributed by atoms with Gasteiger partial charge in [0.05, 0.1) is 6.61 Å². The van der Waals surface area contributed by atoms with Gasteiger partial charge >= 0.3 is 6.03 Å². The number of aromatic nitrogens is 2. The number of likely N-dealkylation sites (N-methyl/N-ethyl adjacent to an activating group) is 1. The first-order valence-corrected chi connectivity index (χ1v) is 7.59. The van der Waals surface area contributed by atoms with Crippen LogP contribution in [0.5, 0.6) is 0 Å². The molecule has 2 amide bonds. The second kappa shape index (κ2) is 8.08. The number of rotatable bonds is 7. The summed E-state index contributed by atoms with van der Waals surface area (Å²) in [5.41, 5.74) is 0. The number of anilines is 1. The van der Waals surface area contributed by atoms with Gasteiger partial charge in [-0.25, -0.2) is 4.79 Å². The van der Waals surface area contributed by atoms with Crippen LogP contribution < -0.4 is 5.32 Å². The number of thioether (sulfide) groups is 1. The van der Waals surface area contributed by atoms with Crippen LogP contribution in [-0.2, 0) is 9.53 Å². The molecule has 1 atom stereocenters. The van der Waals surface area contributed by atoms with Crippen LogP contribution in [0.4, 0.5) is 9.93 Å². The van der Waals surface area contributed by atoms with Gasteiger partial charge in [-0.1, -0.05) is 23.1 Å². The molecule has 0 spiro atoms. The lowest BCUT2D eigenvalue weighted by Crippen LogP contribution is -2.45. The minimum atomic E-state index is -0.608. The van der Waals surface area contributed by atoms with E-state index in [1.54, 1.807) is 6.92 Å². The number of methoxy groups -OCH3 is 1. The summed E-state index contributed by atoms with van der Waals surface area (Å²) < 4.78 is 5.68.